The minimum atomic E-state index is 0.160. The third kappa shape index (κ3) is 5.44. The van der Waals surface area contributed by atoms with E-state index in [1.54, 1.807) is 18.2 Å². The molecule has 0 amide bonds. The lowest BCUT2D eigenvalue weighted by Gasteiger charge is -2.28. The maximum Gasteiger partial charge on any atom is 0.320 e. The number of hydrogen-bond donors (Lipinski definition) is 2. The van der Waals surface area contributed by atoms with Crippen LogP contribution in [0.4, 0.5) is 11.6 Å². The molecule has 11 heteroatoms. The van der Waals surface area contributed by atoms with Crippen LogP contribution in [0.25, 0.3) is 0 Å². The molecule has 0 spiro atoms. The van der Waals surface area contributed by atoms with Crippen molar-refractivity contribution in [1.29, 1.82) is 0 Å². The summed E-state index contributed by atoms with van der Waals surface area (Å²) in [5.41, 5.74) is 4.60. The Hall–Kier alpha value is -3.15. The molecule has 3 aliphatic rings. The number of nitrogens with one attached hydrogen (secondary N) is 1. The zero-order valence-corrected chi connectivity index (χ0v) is 18.4. The fraction of sp³-hybridized carbons (Fsp3) is 0.500. The van der Waals surface area contributed by atoms with E-state index in [9.17, 15) is 5.11 Å². The van der Waals surface area contributed by atoms with Crippen molar-refractivity contribution < 1.29 is 24.1 Å². The topological polar surface area (TPSA) is 114 Å². The van der Waals surface area contributed by atoms with Gasteiger partial charge in [0.05, 0.1) is 26.4 Å². The van der Waals surface area contributed by atoms with Crippen molar-refractivity contribution >= 4 is 17.3 Å². The van der Waals surface area contributed by atoms with Crippen molar-refractivity contribution in [3.63, 3.8) is 0 Å². The molecule has 0 radical (unpaired) electrons. The Morgan fingerprint density at radius 3 is 2.64 bits per heavy atom. The Labute approximate surface area is 191 Å². The molecule has 0 unspecified atom stereocenters. The second-order valence-corrected chi connectivity index (χ2v) is 7.94. The first kappa shape index (κ1) is 21.7. The molecule has 2 aromatic rings. The van der Waals surface area contributed by atoms with Crippen LogP contribution in [-0.4, -0.2) is 98.1 Å². The molecule has 176 valence electrons. The summed E-state index contributed by atoms with van der Waals surface area (Å²) in [7, 11) is 0. The fourth-order valence-corrected chi connectivity index (χ4v) is 3.89. The first-order valence-corrected chi connectivity index (χ1v) is 11.2. The van der Waals surface area contributed by atoms with E-state index < -0.39 is 0 Å². The zero-order valence-electron chi connectivity index (χ0n) is 18.4. The van der Waals surface area contributed by atoms with E-state index in [0.29, 0.717) is 44.0 Å². The molecule has 1 aromatic carbocycles. The Morgan fingerprint density at radius 1 is 1.03 bits per heavy atom. The van der Waals surface area contributed by atoms with Gasteiger partial charge in [0.2, 0.25) is 0 Å². The lowest BCUT2D eigenvalue weighted by atomic mass is 10.1. The summed E-state index contributed by atoms with van der Waals surface area (Å²) in [5.74, 6) is 2.07. The van der Waals surface area contributed by atoms with E-state index >= 15 is 0 Å². The maximum atomic E-state index is 9.64. The molecule has 2 N–H and O–H groups in total. The molecule has 0 atom stereocenters. The van der Waals surface area contributed by atoms with Crippen LogP contribution >= 0.6 is 0 Å². The standard InChI is InChI=1S/C22H28N6O5/c29-16-1-2-17-18(15-33-19(17)13-16)25-26-20-14-21(28-6-10-31-11-7-28)24-22(23-20)32-12-5-27-3-8-30-9-4-27/h1-2,13-14,29H,3-12,15H2,(H,23,24,26)/b25-18+. The van der Waals surface area contributed by atoms with E-state index in [-0.39, 0.29) is 5.75 Å². The number of rotatable bonds is 7. The van der Waals surface area contributed by atoms with Crippen LogP contribution < -0.4 is 19.8 Å². The van der Waals surface area contributed by atoms with Crippen LogP contribution in [0.3, 0.4) is 0 Å². The Kier molecular flexibility index (Phi) is 6.70. The van der Waals surface area contributed by atoms with Gasteiger partial charge >= 0.3 is 6.01 Å². The average molecular weight is 457 g/mol. The third-order valence-electron chi connectivity index (χ3n) is 5.72. The molecule has 33 heavy (non-hydrogen) atoms. The molecular weight excluding hydrogens is 428 g/mol. The van der Waals surface area contributed by atoms with Gasteiger partial charge in [-0.3, -0.25) is 10.3 Å². The highest BCUT2D eigenvalue weighted by atomic mass is 16.5. The highest BCUT2D eigenvalue weighted by Gasteiger charge is 2.21. The Bertz CT molecular complexity index is 991. The Morgan fingerprint density at radius 2 is 1.82 bits per heavy atom. The smallest absolute Gasteiger partial charge is 0.320 e. The molecule has 5 rings (SSSR count). The first-order valence-electron chi connectivity index (χ1n) is 11.2. The molecule has 3 aliphatic heterocycles. The van der Waals surface area contributed by atoms with Crippen LogP contribution in [0.1, 0.15) is 5.56 Å². The number of nitrogens with zero attached hydrogens (tertiary/aromatic N) is 5. The summed E-state index contributed by atoms with van der Waals surface area (Å²) in [4.78, 5) is 13.6. The summed E-state index contributed by atoms with van der Waals surface area (Å²) >= 11 is 0. The Balaban J connectivity index is 1.30. The minimum absolute atomic E-state index is 0.160. The van der Waals surface area contributed by atoms with Gasteiger partial charge < -0.3 is 29.0 Å². The SMILES string of the molecule is Oc1ccc2c(c1)OC/C2=N\Nc1cc(N2CCOCC2)nc(OCCN2CCOCC2)n1. The van der Waals surface area contributed by atoms with Gasteiger partial charge in [0, 0.05) is 50.4 Å². The van der Waals surface area contributed by atoms with Gasteiger partial charge in [-0.05, 0) is 12.1 Å². The molecule has 0 aliphatic carbocycles. The van der Waals surface area contributed by atoms with Crippen LogP contribution in [0.5, 0.6) is 17.5 Å². The molecule has 11 nitrogen and oxygen atoms in total. The van der Waals surface area contributed by atoms with Gasteiger partial charge in [-0.15, -0.1) is 0 Å². The van der Waals surface area contributed by atoms with E-state index in [1.807, 2.05) is 6.07 Å². The quantitative estimate of drug-likeness (QED) is 0.584. The van der Waals surface area contributed by atoms with Gasteiger partial charge in [0.25, 0.3) is 0 Å². The van der Waals surface area contributed by atoms with E-state index in [0.717, 1.165) is 63.0 Å². The van der Waals surface area contributed by atoms with Crippen molar-refractivity contribution in [2.45, 2.75) is 0 Å². The van der Waals surface area contributed by atoms with Crippen LogP contribution in [-0.2, 0) is 9.47 Å². The molecule has 4 heterocycles. The number of aromatic nitrogens is 2. The number of phenolic OH excluding ortho intramolecular Hbond substituents is 1. The summed E-state index contributed by atoms with van der Waals surface area (Å²) in [6.45, 7) is 7.74. The van der Waals surface area contributed by atoms with Crippen LogP contribution in [0.15, 0.2) is 29.4 Å². The molecule has 2 saturated heterocycles. The second-order valence-electron chi connectivity index (χ2n) is 7.94. The highest BCUT2D eigenvalue weighted by Crippen LogP contribution is 2.29. The highest BCUT2D eigenvalue weighted by molar-refractivity contribution is 6.06. The second kappa shape index (κ2) is 10.2. The van der Waals surface area contributed by atoms with Gasteiger partial charge in [0.1, 0.15) is 36.2 Å². The maximum absolute atomic E-state index is 9.64. The van der Waals surface area contributed by atoms with Gasteiger partial charge in [-0.25, -0.2) is 0 Å². The zero-order chi connectivity index (χ0) is 22.5. The fourth-order valence-electron chi connectivity index (χ4n) is 3.89. The summed E-state index contributed by atoms with van der Waals surface area (Å²) in [5, 5.41) is 14.1. The number of phenols is 1. The van der Waals surface area contributed by atoms with Crippen molar-refractivity contribution in [2.24, 2.45) is 5.10 Å². The number of anilines is 2. The third-order valence-corrected chi connectivity index (χ3v) is 5.72. The van der Waals surface area contributed by atoms with Gasteiger partial charge in [0.15, 0.2) is 5.82 Å². The average Bonchev–Trinajstić information content (AvgIpc) is 3.26. The van der Waals surface area contributed by atoms with Crippen molar-refractivity contribution in [3.05, 3.63) is 29.8 Å². The predicted molar refractivity (Wildman–Crippen MR) is 122 cm³/mol. The number of fused-ring (bicyclic) bond motifs is 1. The van der Waals surface area contributed by atoms with Gasteiger partial charge in [-0.2, -0.15) is 15.1 Å². The lowest BCUT2D eigenvalue weighted by Crippen LogP contribution is -2.39. The molecule has 0 saturated carbocycles. The van der Waals surface area contributed by atoms with Crippen LogP contribution in [0, 0.1) is 0 Å². The number of morpholine rings is 2. The van der Waals surface area contributed by atoms with E-state index in [2.05, 4.69) is 30.3 Å². The number of hydrazone groups is 1. The van der Waals surface area contributed by atoms with Crippen molar-refractivity contribution in [3.8, 4) is 17.5 Å². The number of hydrogen-bond acceptors (Lipinski definition) is 11. The number of ether oxygens (including phenoxy) is 4. The molecule has 2 fully saturated rings. The predicted octanol–water partition coefficient (Wildman–Crippen LogP) is 0.938. The minimum Gasteiger partial charge on any atom is -0.508 e. The first-order chi connectivity index (χ1) is 16.2. The summed E-state index contributed by atoms with van der Waals surface area (Å²) in [6.07, 6.45) is 0. The van der Waals surface area contributed by atoms with Crippen LogP contribution in [0.2, 0.25) is 0 Å². The normalized spacial score (nSPS) is 19.9. The van der Waals surface area contributed by atoms with E-state index in [4.69, 9.17) is 18.9 Å². The van der Waals surface area contributed by atoms with Crippen molar-refractivity contribution in [2.75, 3.05) is 82.7 Å². The molecule has 0 bridgehead atoms. The van der Waals surface area contributed by atoms with Gasteiger partial charge in [-0.1, -0.05) is 0 Å². The summed E-state index contributed by atoms with van der Waals surface area (Å²) in [6, 6.07) is 7.15. The number of benzene rings is 1. The monoisotopic (exact) mass is 456 g/mol. The summed E-state index contributed by atoms with van der Waals surface area (Å²) < 4.78 is 22.4. The number of aromatic hydroxyl groups is 1. The lowest BCUT2D eigenvalue weighted by molar-refractivity contribution is 0.0317. The molecular formula is C22H28N6O5. The van der Waals surface area contributed by atoms with Crippen molar-refractivity contribution in [1.82, 2.24) is 14.9 Å². The van der Waals surface area contributed by atoms with E-state index in [1.165, 1.54) is 0 Å². The largest absolute Gasteiger partial charge is 0.508 e. The molecule has 1 aromatic heterocycles.